The van der Waals surface area contributed by atoms with E-state index in [-0.39, 0.29) is 0 Å². The van der Waals surface area contributed by atoms with Gasteiger partial charge in [-0.1, -0.05) is 6.92 Å². The first-order chi connectivity index (χ1) is 11.0. The number of aliphatic hydroxyl groups is 1. The molecule has 2 unspecified atom stereocenters. The molecule has 2 N–H and O–H groups in total. The molecular formula is C17H30N4OS. The fourth-order valence-corrected chi connectivity index (χ4v) is 4.07. The molecule has 1 heterocycles. The van der Waals surface area contributed by atoms with E-state index in [9.17, 15) is 5.11 Å². The maximum Gasteiger partial charge on any atom is 0.194 e. The van der Waals surface area contributed by atoms with E-state index in [0.29, 0.717) is 11.8 Å². The summed E-state index contributed by atoms with van der Waals surface area (Å²) in [5, 5.41) is 14.4. The Morgan fingerprint density at radius 3 is 2.87 bits per heavy atom. The molecule has 1 saturated carbocycles. The van der Waals surface area contributed by atoms with Gasteiger partial charge in [0.25, 0.3) is 0 Å². The van der Waals surface area contributed by atoms with Gasteiger partial charge in [0.2, 0.25) is 0 Å². The fraction of sp³-hybridized carbons (Fsp3) is 0.706. The standard InChI is InChI=1S/C17H30N4OS/c1-5-18-16(21(4)12-14-8-7-11-20(14)3)19-13-17(22)10-9-15(17)23-6-2/h7-8,11,15,22H,5-6,9-10,12-13H2,1-4H3,(H,18,19). The number of aromatic nitrogens is 1. The molecule has 2 atom stereocenters. The molecule has 23 heavy (non-hydrogen) atoms. The van der Waals surface area contributed by atoms with Crippen molar-refractivity contribution in [3.8, 4) is 0 Å². The third-order valence-corrected chi connectivity index (χ3v) is 5.87. The normalized spacial score (nSPS) is 24.4. The summed E-state index contributed by atoms with van der Waals surface area (Å²) in [5.74, 6) is 1.90. The van der Waals surface area contributed by atoms with E-state index < -0.39 is 5.60 Å². The van der Waals surface area contributed by atoms with Crippen LogP contribution in [0, 0.1) is 0 Å². The van der Waals surface area contributed by atoms with Gasteiger partial charge in [0.05, 0.1) is 18.7 Å². The lowest BCUT2D eigenvalue weighted by atomic mass is 9.79. The SMILES string of the molecule is CCNC(=NCC1(O)CCC1SCC)N(C)Cc1cccn1C. The van der Waals surface area contributed by atoms with E-state index in [2.05, 4.69) is 54.0 Å². The minimum atomic E-state index is -0.632. The molecule has 0 amide bonds. The highest BCUT2D eigenvalue weighted by molar-refractivity contribution is 8.00. The predicted molar refractivity (Wildman–Crippen MR) is 99.0 cm³/mol. The van der Waals surface area contributed by atoms with Gasteiger partial charge in [-0.2, -0.15) is 11.8 Å². The zero-order valence-corrected chi connectivity index (χ0v) is 15.6. The Morgan fingerprint density at radius 1 is 1.57 bits per heavy atom. The van der Waals surface area contributed by atoms with Crippen LogP contribution < -0.4 is 5.32 Å². The molecule has 1 aliphatic carbocycles. The predicted octanol–water partition coefficient (Wildman–Crippen LogP) is 2.07. The van der Waals surface area contributed by atoms with Crippen LogP contribution in [-0.4, -0.2) is 57.3 Å². The van der Waals surface area contributed by atoms with Crippen molar-refractivity contribution in [3.05, 3.63) is 24.0 Å². The van der Waals surface area contributed by atoms with E-state index in [0.717, 1.165) is 37.6 Å². The maximum atomic E-state index is 10.7. The second kappa shape index (κ2) is 8.11. The molecule has 0 aliphatic heterocycles. The van der Waals surface area contributed by atoms with Crippen molar-refractivity contribution in [2.45, 2.75) is 44.1 Å². The smallest absolute Gasteiger partial charge is 0.194 e. The summed E-state index contributed by atoms with van der Waals surface area (Å²) in [6, 6.07) is 4.17. The average Bonchev–Trinajstić information content (AvgIpc) is 2.92. The van der Waals surface area contributed by atoms with Crippen LogP contribution >= 0.6 is 11.8 Å². The molecule has 0 spiro atoms. The summed E-state index contributed by atoms with van der Waals surface area (Å²) in [4.78, 5) is 6.82. The number of rotatable bonds is 7. The van der Waals surface area contributed by atoms with Gasteiger partial charge in [-0.3, -0.25) is 4.99 Å². The van der Waals surface area contributed by atoms with Gasteiger partial charge >= 0.3 is 0 Å². The number of hydrogen-bond donors (Lipinski definition) is 2. The van der Waals surface area contributed by atoms with E-state index >= 15 is 0 Å². The first-order valence-electron chi connectivity index (χ1n) is 8.43. The van der Waals surface area contributed by atoms with Gasteiger partial charge in [-0.15, -0.1) is 0 Å². The largest absolute Gasteiger partial charge is 0.387 e. The van der Waals surface area contributed by atoms with Crippen LogP contribution in [-0.2, 0) is 13.6 Å². The number of aryl methyl sites for hydroxylation is 1. The van der Waals surface area contributed by atoms with E-state index in [1.54, 1.807) is 0 Å². The molecule has 0 radical (unpaired) electrons. The number of nitrogens with zero attached hydrogens (tertiary/aromatic N) is 3. The van der Waals surface area contributed by atoms with E-state index in [4.69, 9.17) is 4.99 Å². The Kier molecular flexibility index (Phi) is 6.41. The Labute approximate surface area is 144 Å². The topological polar surface area (TPSA) is 52.8 Å². The highest BCUT2D eigenvalue weighted by Crippen LogP contribution is 2.41. The molecule has 1 aliphatic rings. The first-order valence-corrected chi connectivity index (χ1v) is 9.48. The van der Waals surface area contributed by atoms with Gasteiger partial charge in [-0.05, 0) is 37.7 Å². The van der Waals surface area contributed by atoms with Crippen molar-refractivity contribution < 1.29 is 5.11 Å². The Hall–Kier alpha value is -1.14. The average molecular weight is 339 g/mol. The van der Waals surface area contributed by atoms with Gasteiger partial charge in [0, 0.05) is 37.8 Å². The Morgan fingerprint density at radius 2 is 2.35 bits per heavy atom. The van der Waals surface area contributed by atoms with Gasteiger partial charge in [0.1, 0.15) is 0 Å². The van der Waals surface area contributed by atoms with Crippen LogP contribution in [0.5, 0.6) is 0 Å². The highest BCUT2D eigenvalue weighted by atomic mass is 32.2. The molecule has 5 nitrogen and oxygen atoms in total. The zero-order chi connectivity index (χ0) is 16.9. The van der Waals surface area contributed by atoms with Crippen LogP contribution in [0.4, 0.5) is 0 Å². The third kappa shape index (κ3) is 4.44. The summed E-state index contributed by atoms with van der Waals surface area (Å²) in [5.41, 5.74) is 0.604. The van der Waals surface area contributed by atoms with Crippen LogP contribution in [0.3, 0.4) is 0 Å². The third-order valence-electron chi connectivity index (χ3n) is 4.46. The van der Waals surface area contributed by atoms with Crippen molar-refractivity contribution in [2.75, 3.05) is 25.9 Å². The lowest BCUT2D eigenvalue weighted by Crippen LogP contribution is -2.53. The minimum Gasteiger partial charge on any atom is -0.387 e. The first kappa shape index (κ1) is 18.2. The molecule has 0 bridgehead atoms. The molecule has 130 valence electrons. The molecule has 0 saturated heterocycles. The zero-order valence-electron chi connectivity index (χ0n) is 14.7. The number of guanidine groups is 1. The summed E-state index contributed by atoms with van der Waals surface area (Å²) < 4.78 is 2.12. The second-order valence-corrected chi connectivity index (χ2v) is 7.70. The van der Waals surface area contributed by atoms with Crippen molar-refractivity contribution in [2.24, 2.45) is 12.0 Å². The van der Waals surface area contributed by atoms with Crippen LogP contribution in [0.15, 0.2) is 23.3 Å². The van der Waals surface area contributed by atoms with Crippen molar-refractivity contribution >= 4 is 17.7 Å². The van der Waals surface area contributed by atoms with Crippen molar-refractivity contribution in [1.82, 2.24) is 14.8 Å². The van der Waals surface area contributed by atoms with Gasteiger partial charge in [-0.25, -0.2) is 0 Å². The Bertz CT molecular complexity index is 530. The van der Waals surface area contributed by atoms with Crippen molar-refractivity contribution in [1.29, 1.82) is 0 Å². The lowest BCUT2D eigenvalue weighted by Gasteiger charge is -2.44. The Balaban J connectivity index is 2.00. The van der Waals surface area contributed by atoms with Crippen LogP contribution in [0.2, 0.25) is 0 Å². The lowest BCUT2D eigenvalue weighted by molar-refractivity contribution is -0.0156. The molecular weight excluding hydrogens is 308 g/mol. The van der Waals surface area contributed by atoms with Crippen LogP contribution in [0.1, 0.15) is 32.4 Å². The van der Waals surface area contributed by atoms with E-state index in [1.165, 1.54) is 5.69 Å². The van der Waals surface area contributed by atoms with Gasteiger partial charge in [0.15, 0.2) is 5.96 Å². The molecule has 6 heteroatoms. The second-order valence-electron chi connectivity index (χ2n) is 6.22. The fourth-order valence-electron chi connectivity index (χ4n) is 2.88. The summed E-state index contributed by atoms with van der Waals surface area (Å²) >= 11 is 1.85. The summed E-state index contributed by atoms with van der Waals surface area (Å²) in [6.45, 7) is 6.30. The van der Waals surface area contributed by atoms with E-state index in [1.807, 2.05) is 18.8 Å². The number of nitrogens with one attached hydrogen (secondary N) is 1. The molecule has 1 aromatic heterocycles. The quantitative estimate of drug-likeness (QED) is 0.590. The maximum absolute atomic E-state index is 10.7. The minimum absolute atomic E-state index is 0.331. The summed E-state index contributed by atoms with van der Waals surface area (Å²) in [7, 11) is 4.09. The molecule has 2 rings (SSSR count). The molecule has 0 aromatic carbocycles. The monoisotopic (exact) mass is 338 g/mol. The number of thioether (sulfide) groups is 1. The number of aliphatic imine (C=N–C) groups is 1. The van der Waals surface area contributed by atoms with Gasteiger partial charge < -0.3 is 19.9 Å². The highest BCUT2D eigenvalue weighted by Gasteiger charge is 2.45. The van der Waals surface area contributed by atoms with Crippen LogP contribution in [0.25, 0.3) is 0 Å². The van der Waals surface area contributed by atoms with Crippen molar-refractivity contribution in [3.63, 3.8) is 0 Å². The molecule has 1 fully saturated rings. The summed E-state index contributed by atoms with van der Waals surface area (Å²) in [6.07, 6.45) is 4.01. The molecule has 1 aromatic rings. The number of hydrogen-bond acceptors (Lipinski definition) is 3.